The van der Waals surface area contributed by atoms with E-state index in [1.54, 1.807) is 30.5 Å². The maximum absolute atomic E-state index is 12.4. The van der Waals surface area contributed by atoms with Crippen LogP contribution in [0.5, 0.6) is 0 Å². The first-order chi connectivity index (χ1) is 9.49. The minimum atomic E-state index is -0.220. The van der Waals surface area contributed by atoms with E-state index in [1.807, 2.05) is 31.9 Å². The van der Waals surface area contributed by atoms with Gasteiger partial charge >= 0.3 is 0 Å². The van der Waals surface area contributed by atoms with Crippen LogP contribution in [0.3, 0.4) is 0 Å². The maximum Gasteiger partial charge on any atom is 0.179 e. The van der Waals surface area contributed by atoms with Crippen molar-refractivity contribution in [3.05, 3.63) is 58.5 Å². The molecule has 4 heteroatoms. The third-order valence-corrected chi connectivity index (χ3v) is 3.77. The van der Waals surface area contributed by atoms with Crippen molar-refractivity contribution in [3.63, 3.8) is 0 Å². The topological polar surface area (TPSA) is 33.5 Å². The van der Waals surface area contributed by atoms with Crippen LogP contribution in [-0.4, -0.2) is 23.8 Å². The van der Waals surface area contributed by atoms with Crippen LogP contribution in [0.2, 0.25) is 5.02 Å². The molecule has 1 atom stereocenters. The standard InChI is InChI=1S/C16H18ClNO2/c1-11(16(19)13-5-4-6-15(17)9-13)18(3)10-14-7-8-20-12(14)2/h4-9,11H,10H2,1-3H3. The third-order valence-electron chi connectivity index (χ3n) is 3.54. The summed E-state index contributed by atoms with van der Waals surface area (Å²) < 4.78 is 5.28. The van der Waals surface area contributed by atoms with Gasteiger partial charge in [0.05, 0.1) is 12.3 Å². The normalized spacial score (nSPS) is 12.7. The van der Waals surface area contributed by atoms with E-state index >= 15 is 0 Å². The number of Topliss-reactive ketones (excluding diaryl/α,β-unsaturated/α-hetero) is 1. The molecule has 0 N–H and O–H groups in total. The molecule has 0 amide bonds. The summed E-state index contributed by atoms with van der Waals surface area (Å²) in [6, 6.07) is 8.77. The zero-order valence-corrected chi connectivity index (χ0v) is 12.6. The van der Waals surface area contributed by atoms with Crippen molar-refractivity contribution in [2.75, 3.05) is 7.05 Å². The minimum Gasteiger partial charge on any atom is -0.469 e. The molecule has 20 heavy (non-hydrogen) atoms. The molecule has 3 nitrogen and oxygen atoms in total. The van der Waals surface area contributed by atoms with Gasteiger partial charge in [-0.05, 0) is 39.1 Å². The SMILES string of the molecule is Cc1occc1CN(C)C(C)C(=O)c1cccc(Cl)c1. The van der Waals surface area contributed by atoms with E-state index in [9.17, 15) is 4.79 Å². The van der Waals surface area contributed by atoms with Gasteiger partial charge in [0.25, 0.3) is 0 Å². The van der Waals surface area contributed by atoms with Gasteiger partial charge < -0.3 is 4.42 Å². The molecule has 0 bridgehead atoms. The van der Waals surface area contributed by atoms with Crippen LogP contribution in [-0.2, 0) is 6.54 Å². The number of furan rings is 1. The Labute approximate surface area is 124 Å². The van der Waals surface area contributed by atoms with E-state index < -0.39 is 0 Å². The predicted molar refractivity (Wildman–Crippen MR) is 80.2 cm³/mol. The fourth-order valence-corrected chi connectivity index (χ4v) is 2.25. The summed E-state index contributed by atoms with van der Waals surface area (Å²) in [5, 5.41) is 0.580. The second-order valence-corrected chi connectivity index (χ2v) is 5.40. The number of hydrogen-bond donors (Lipinski definition) is 0. The highest BCUT2D eigenvalue weighted by Crippen LogP contribution is 2.17. The summed E-state index contributed by atoms with van der Waals surface area (Å²) in [5.41, 5.74) is 1.74. The summed E-state index contributed by atoms with van der Waals surface area (Å²) in [7, 11) is 1.93. The van der Waals surface area contributed by atoms with E-state index in [2.05, 4.69) is 0 Å². The first-order valence-corrected chi connectivity index (χ1v) is 6.90. The molecule has 1 unspecified atom stereocenters. The number of benzene rings is 1. The lowest BCUT2D eigenvalue weighted by molar-refractivity contribution is 0.0861. The summed E-state index contributed by atoms with van der Waals surface area (Å²) in [4.78, 5) is 14.4. The first-order valence-electron chi connectivity index (χ1n) is 6.52. The van der Waals surface area contributed by atoms with Crippen molar-refractivity contribution in [2.45, 2.75) is 26.4 Å². The summed E-state index contributed by atoms with van der Waals surface area (Å²) in [5.74, 6) is 0.954. The lowest BCUT2D eigenvalue weighted by Crippen LogP contribution is -2.35. The van der Waals surface area contributed by atoms with Crippen LogP contribution in [0.1, 0.15) is 28.6 Å². The van der Waals surface area contributed by atoms with Crippen molar-refractivity contribution in [1.82, 2.24) is 4.90 Å². The Morgan fingerprint density at radius 2 is 2.15 bits per heavy atom. The van der Waals surface area contributed by atoms with Crippen LogP contribution in [0.15, 0.2) is 41.0 Å². The molecule has 2 rings (SSSR count). The Morgan fingerprint density at radius 3 is 2.75 bits per heavy atom. The van der Waals surface area contributed by atoms with Crippen molar-refractivity contribution >= 4 is 17.4 Å². The van der Waals surface area contributed by atoms with Gasteiger partial charge in [0, 0.05) is 22.7 Å². The van der Waals surface area contributed by atoms with E-state index in [4.69, 9.17) is 16.0 Å². The highest BCUT2D eigenvalue weighted by Gasteiger charge is 2.20. The van der Waals surface area contributed by atoms with Crippen molar-refractivity contribution in [1.29, 1.82) is 0 Å². The van der Waals surface area contributed by atoms with Crippen LogP contribution in [0, 0.1) is 6.92 Å². The second kappa shape index (κ2) is 6.25. The van der Waals surface area contributed by atoms with Crippen LogP contribution in [0.4, 0.5) is 0 Å². The van der Waals surface area contributed by atoms with Gasteiger partial charge in [-0.2, -0.15) is 0 Å². The zero-order valence-electron chi connectivity index (χ0n) is 11.9. The van der Waals surface area contributed by atoms with Crippen LogP contribution >= 0.6 is 11.6 Å². The molecule has 0 saturated heterocycles. The van der Waals surface area contributed by atoms with Crippen LogP contribution in [0.25, 0.3) is 0 Å². The number of nitrogens with zero attached hydrogens (tertiary/aromatic N) is 1. The van der Waals surface area contributed by atoms with E-state index in [1.165, 1.54) is 0 Å². The van der Waals surface area contributed by atoms with Crippen molar-refractivity contribution in [3.8, 4) is 0 Å². The van der Waals surface area contributed by atoms with Gasteiger partial charge in [0.2, 0.25) is 0 Å². The van der Waals surface area contributed by atoms with Gasteiger partial charge in [-0.15, -0.1) is 0 Å². The Bertz CT molecular complexity index is 606. The molecule has 0 spiro atoms. The first kappa shape index (κ1) is 14.8. The average Bonchev–Trinajstić information content (AvgIpc) is 2.82. The lowest BCUT2D eigenvalue weighted by atomic mass is 10.0. The molecular weight excluding hydrogens is 274 g/mol. The fourth-order valence-electron chi connectivity index (χ4n) is 2.06. The highest BCUT2D eigenvalue weighted by molar-refractivity contribution is 6.31. The number of aryl methyl sites for hydroxylation is 1. The maximum atomic E-state index is 12.4. The van der Waals surface area contributed by atoms with Gasteiger partial charge in [-0.25, -0.2) is 0 Å². The summed E-state index contributed by atoms with van der Waals surface area (Å²) in [6.07, 6.45) is 1.67. The monoisotopic (exact) mass is 291 g/mol. The van der Waals surface area contributed by atoms with E-state index in [0.717, 1.165) is 11.3 Å². The smallest absolute Gasteiger partial charge is 0.179 e. The molecular formula is C16H18ClNO2. The number of carbonyl (C=O) groups excluding carboxylic acids is 1. The Balaban J connectivity index is 2.08. The van der Waals surface area contributed by atoms with E-state index in [0.29, 0.717) is 17.1 Å². The molecule has 0 fully saturated rings. The van der Waals surface area contributed by atoms with Gasteiger partial charge in [0.1, 0.15) is 5.76 Å². The molecule has 0 radical (unpaired) electrons. The molecule has 1 heterocycles. The minimum absolute atomic E-state index is 0.0659. The lowest BCUT2D eigenvalue weighted by Gasteiger charge is -2.23. The molecule has 1 aromatic carbocycles. The van der Waals surface area contributed by atoms with Gasteiger partial charge in [-0.3, -0.25) is 9.69 Å². The number of hydrogen-bond acceptors (Lipinski definition) is 3. The largest absolute Gasteiger partial charge is 0.469 e. The van der Waals surface area contributed by atoms with Crippen molar-refractivity contribution in [2.24, 2.45) is 0 Å². The molecule has 0 aliphatic heterocycles. The average molecular weight is 292 g/mol. The number of rotatable bonds is 5. The van der Waals surface area contributed by atoms with Crippen LogP contribution < -0.4 is 0 Å². The fraction of sp³-hybridized carbons (Fsp3) is 0.312. The number of likely N-dealkylation sites (N-methyl/N-ethyl adjacent to an activating group) is 1. The number of carbonyl (C=O) groups is 1. The molecule has 2 aromatic rings. The second-order valence-electron chi connectivity index (χ2n) is 4.97. The summed E-state index contributed by atoms with van der Waals surface area (Å²) >= 11 is 5.93. The summed E-state index contributed by atoms with van der Waals surface area (Å²) in [6.45, 7) is 4.50. The number of halogens is 1. The molecule has 1 aromatic heterocycles. The zero-order chi connectivity index (χ0) is 14.7. The highest BCUT2D eigenvalue weighted by atomic mass is 35.5. The van der Waals surface area contributed by atoms with E-state index in [-0.39, 0.29) is 11.8 Å². The number of ketones is 1. The Hall–Kier alpha value is -1.58. The third kappa shape index (κ3) is 3.30. The Kier molecular flexibility index (Phi) is 4.63. The molecule has 0 aliphatic rings. The molecule has 106 valence electrons. The molecule has 0 saturated carbocycles. The van der Waals surface area contributed by atoms with Gasteiger partial charge in [0.15, 0.2) is 5.78 Å². The van der Waals surface area contributed by atoms with Crippen molar-refractivity contribution < 1.29 is 9.21 Å². The quantitative estimate of drug-likeness (QED) is 0.782. The molecule has 0 aliphatic carbocycles. The van der Waals surface area contributed by atoms with Gasteiger partial charge in [-0.1, -0.05) is 23.7 Å². The Morgan fingerprint density at radius 1 is 1.40 bits per heavy atom. The predicted octanol–water partition coefficient (Wildman–Crippen LogP) is 3.94.